The second-order valence-electron chi connectivity index (χ2n) is 6.61. The van der Waals surface area contributed by atoms with Gasteiger partial charge in [0.15, 0.2) is 11.6 Å². The molecule has 1 aliphatic rings. The fraction of sp³-hybridized carbons (Fsp3) is 0.200. The number of aryl methyl sites for hydroxylation is 1. The number of hydrogen-bond acceptors (Lipinski definition) is 5. The molecular formula is C20H18N6O2. The van der Waals surface area contributed by atoms with E-state index in [0.717, 1.165) is 36.7 Å². The zero-order valence-electron chi connectivity index (χ0n) is 15.1. The summed E-state index contributed by atoms with van der Waals surface area (Å²) in [4.78, 5) is 13.0. The third-order valence-electron chi connectivity index (χ3n) is 4.81. The number of furan rings is 1. The normalized spacial score (nSPS) is 12.9. The van der Waals surface area contributed by atoms with Crippen LogP contribution >= 0.6 is 0 Å². The quantitative estimate of drug-likeness (QED) is 0.580. The van der Waals surface area contributed by atoms with Crippen molar-refractivity contribution in [3.8, 4) is 17.1 Å². The molecule has 4 heterocycles. The average Bonchev–Trinajstić information content (AvgIpc) is 3.51. The largest absolute Gasteiger partial charge is 0.463 e. The van der Waals surface area contributed by atoms with Crippen LogP contribution in [0, 0.1) is 0 Å². The second kappa shape index (κ2) is 6.80. The SMILES string of the molecule is O=C(NCc1nnc2n1CCC2)c1cc(-c2ccco2)nn1-c1ccccc1. The van der Waals surface area contributed by atoms with Crippen LogP contribution in [0.4, 0.5) is 0 Å². The maximum atomic E-state index is 13.0. The van der Waals surface area contributed by atoms with Gasteiger partial charge in [-0.3, -0.25) is 4.79 Å². The van der Waals surface area contributed by atoms with E-state index in [1.807, 2.05) is 36.4 Å². The van der Waals surface area contributed by atoms with Crippen LogP contribution in [0.15, 0.2) is 59.2 Å². The minimum absolute atomic E-state index is 0.232. The predicted molar refractivity (Wildman–Crippen MR) is 101 cm³/mol. The zero-order chi connectivity index (χ0) is 18.9. The van der Waals surface area contributed by atoms with Gasteiger partial charge in [0.25, 0.3) is 5.91 Å². The molecule has 0 fully saturated rings. The van der Waals surface area contributed by atoms with E-state index in [1.54, 1.807) is 23.1 Å². The lowest BCUT2D eigenvalue weighted by Gasteiger charge is -2.08. The van der Waals surface area contributed by atoms with Gasteiger partial charge in [-0.2, -0.15) is 5.10 Å². The molecular weight excluding hydrogens is 356 g/mol. The number of carbonyl (C=O) groups excluding carboxylic acids is 1. The van der Waals surface area contributed by atoms with Gasteiger partial charge >= 0.3 is 0 Å². The number of nitrogens with zero attached hydrogens (tertiary/aromatic N) is 5. The highest BCUT2D eigenvalue weighted by Gasteiger charge is 2.21. The van der Waals surface area contributed by atoms with E-state index in [0.29, 0.717) is 23.7 Å². The van der Waals surface area contributed by atoms with Crippen LogP contribution < -0.4 is 5.32 Å². The summed E-state index contributed by atoms with van der Waals surface area (Å²) >= 11 is 0. The number of benzene rings is 1. The van der Waals surface area contributed by atoms with Crippen molar-refractivity contribution in [1.29, 1.82) is 0 Å². The molecule has 8 nitrogen and oxygen atoms in total. The molecule has 0 bridgehead atoms. The van der Waals surface area contributed by atoms with Gasteiger partial charge in [-0.05, 0) is 30.7 Å². The van der Waals surface area contributed by atoms with Crippen LogP contribution in [0.3, 0.4) is 0 Å². The van der Waals surface area contributed by atoms with Gasteiger partial charge in [0.2, 0.25) is 0 Å². The Morgan fingerprint density at radius 2 is 2.04 bits per heavy atom. The lowest BCUT2D eigenvalue weighted by atomic mass is 10.2. The molecule has 0 unspecified atom stereocenters. The van der Waals surface area contributed by atoms with Crippen molar-refractivity contribution in [2.24, 2.45) is 0 Å². The van der Waals surface area contributed by atoms with Crippen molar-refractivity contribution >= 4 is 5.91 Å². The topological polar surface area (TPSA) is 90.8 Å². The van der Waals surface area contributed by atoms with E-state index in [1.165, 1.54) is 0 Å². The highest BCUT2D eigenvalue weighted by Crippen LogP contribution is 2.22. The van der Waals surface area contributed by atoms with Gasteiger partial charge in [0.1, 0.15) is 17.2 Å². The molecule has 1 N–H and O–H groups in total. The summed E-state index contributed by atoms with van der Waals surface area (Å²) in [6.45, 7) is 1.22. The summed E-state index contributed by atoms with van der Waals surface area (Å²) in [6.07, 6.45) is 3.59. The van der Waals surface area contributed by atoms with Gasteiger partial charge in [0.05, 0.1) is 18.5 Å². The lowest BCUT2D eigenvalue weighted by molar-refractivity contribution is 0.0941. The van der Waals surface area contributed by atoms with Crippen LogP contribution in [-0.2, 0) is 19.5 Å². The van der Waals surface area contributed by atoms with E-state index in [4.69, 9.17) is 4.42 Å². The van der Waals surface area contributed by atoms with Crippen molar-refractivity contribution in [3.63, 3.8) is 0 Å². The van der Waals surface area contributed by atoms with Crippen LogP contribution in [0.25, 0.3) is 17.1 Å². The Labute approximate surface area is 160 Å². The summed E-state index contributed by atoms with van der Waals surface area (Å²) in [5.74, 6) is 2.14. The zero-order valence-corrected chi connectivity index (χ0v) is 15.1. The van der Waals surface area contributed by atoms with E-state index < -0.39 is 0 Å². The first kappa shape index (κ1) is 16.5. The first-order chi connectivity index (χ1) is 13.8. The Balaban J connectivity index is 1.45. The number of aromatic nitrogens is 5. The van der Waals surface area contributed by atoms with Crippen LogP contribution in [0.2, 0.25) is 0 Å². The highest BCUT2D eigenvalue weighted by atomic mass is 16.3. The van der Waals surface area contributed by atoms with Gasteiger partial charge in [-0.15, -0.1) is 10.2 Å². The van der Waals surface area contributed by atoms with Crippen molar-refractivity contribution < 1.29 is 9.21 Å². The Kier molecular flexibility index (Phi) is 4.01. The van der Waals surface area contributed by atoms with Gasteiger partial charge in [-0.25, -0.2) is 4.68 Å². The Hall–Kier alpha value is -3.68. The number of hydrogen-bond donors (Lipinski definition) is 1. The summed E-state index contributed by atoms with van der Waals surface area (Å²) < 4.78 is 9.14. The maximum absolute atomic E-state index is 13.0. The molecule has 0 radical (unpaired) electrons. The summed E-state index contributed by atoms with van der Waals surface area (Å²) in [5.41, 5.74) is 1.83. The van der Waals surface area contributed by atoms with Crippen molar-refractivity contribution in [3.05, 3.63) is 72.1 Å². The van der Waals surface area contributed by atoms with E-state index in [-0.39, 0.29) is 5.91 Å². The molecule has 3 aromatic heterocycles. The fourth-order valence-corrected chi connectivity index (χ4v) is 3.44. The number of rotatable bonds is 5. The molecule has 8 heteroatoms. The van der Waals surface area contributed by atoms with E-state index >= 15 is 0 Å². The molecule has 4 aromatic rings. The van der Waals surface area contributed by atoms with Crippen molar-refractivity contribution in [1.82, 2.24) is 29.9 Å². The Morgan fingerprint density at radius 3 is 2.86 bits per heavy atom. The predicted octanol–water partition coefficient (Wildman–Crippen LogP) is 2.60. The third kappa shape index (κ3) is 2.88. The average molecular weight is 374 g/mol. The minimum atomic E-state index is -0.232. The first-order valence-corrected chi connectivity index (χ1v) is 9.18. The Morgan fingerprint density at radius 1 is 1.14 bits per heavy atom. The number of fused-ring (bicyclic) bond motifs is 1. The van der Waals surface area contributed by atoms with Crippen LogP contribution in [0.5, 0.6) is 0 Å². The molecule has 28 heavy (non-hydrogen) atoms. The van der Waals surface area contributed by atoms with Gasteiger partial charge in [-0.1, -0.05) is 18.2 Å². The molecule has 140 valence electrons. The second-order valence-corrected chi connectivity index (χ2v) is 6.61. The monoisotopic (exact) mass is 374 g/mol. The first-order valence-electron chi connectivity index (χ1n) is 9.18. The van der Waals surface area contributed by atoms with Crippen LogP contribution in [0.1, 0.15) is 28.6 Å². The molecule has 0 saturated carbocycles. The molecule has 0 saturated heterocycles. The number of nitrogens with one attached hydrogen (secondary N) is 1. The Bertz CT molecular complexity index is 1110. The minimum Gasteiger partial charge on any atom is -0.463 e. The molecule has 1 aliphatic heterocycles. The summed E-state index contributed by atoms with van der Waals surface area (Å²) in [6, 6.07) is 14.9. The van der Waals surface area contributed by atoms with Crippen LogP contribution in [-0.4, -0.2) is 30.5 Å². The molecule has 0 atom stereocenters. The third-order valence-corrected chi connectivity index (χ3v) is 4.81. The molecule has 1 aromatic carbocycles. The smallest absolute Gasteiger partial charge is 0.270 e. The number of amides is 1. The van der Waals surface area contributed by atoms with Crippen molar-refractivity contribution in [2.45, 2.75) is 25.9 Å². The molecule has 5 rings (SSSR count). The van der Waals surface area contributed by atoms with Crippen molar-refractivity contribution in [2.75, 3.05) is 0 Å². The maximum Gasteiger partial charge on any atom is 0.270 e. The number of para-hydroxylation sites is 1. The van der Waals surface area contributed by atoms with Gasteiger partial charge < -0.3 is 14.3 Å². The summed E-state index contributed by atoms with van der Waals surface area (Å²) in [5, 5.41) is 15.9. The molecule has 0 spiro atoms. The van der Waals surface area contributed by atoms with Gasteiger partial charge in [0, 0.05) is 19.0 Å². The van der Waals surface area contributed by atoms with E-state index in [2.05, 4.69) is 25.2 Å². The summed E-state index contributed by atoms with van der Waals surface area (Å²) in [7, 11) is 0. The molecule has 1 amide bonds. The standard InChI is InChI=1S/C20H18N6O2/c27-20(21-13-19-23-22-18-9-4-10-25(18)19)16-12-15(17-8-5-11-28-17)24-26(16)14-6-2-1-3-7-14/h1-3,5-8,11-12H,4,9-10,13H2,(H,21,27). The highest BCUT2D eigenvalue weighted by molar-refractivity contribution is 5.94. The molecule has 0 aliphatic carbocycles. The fourth-order valence-electron chi connectivity index (χ4n) is 3.44. The van der Waals surface area contributed by atoms with E-state index in [9.17, 15) is 4.79 Å². The number of carbonyl (C=O) groups is 1. The lowest BCUT2D eigenvalue weighted by Crippen LogP contribution is -2.26.